The van der Waals surface area contributed by atoms with Crippen LogP contribution < -0.4 is 9.47 Å². The summed E-state index contributed by atoms with van der Waals surface area (Å²) in [6.45, 7) is 0. The average molecular weight is 1020 g/mol. The minimum Gasteiger partial charge on any atom is -0.441 e. The summed E-state index contributed by atoms with van der Waals surface area (Å²) in [5.74, 6) is 1.12. The first-order valence-corrected chi connectivity index (χ1v) is 14.6. The molecule has 0 spiro atoms. The van der Waals surface area contributed by atoms with Crippen LogP contribution in [0, 0.1) is 0 Å². The number of benzene rings is 2. The van der Waals surface area contributed by atoms with E-state index in [0.717, 1.165) is 13.4 Å². The van der Waals surface area contributed by atoms with Crippen molar-refractivity contribution in [2.45, 2.75) is 10.1 Å². The van der Waals surface area contributed by atoms with Crippen LogP contribution in [-0.4, -0.2) is 10.1 Å². The molecule has 27 heavy (non-hydrogen) atoms. The van der Waals surface area contributed by atoms with E-state index in [1.54, 1.807) is 0 Å². The van der Waals surface area contributed by atoms with Crippen LogP contribution >= 0.6 is 159 Å². The number of hydrogen-bond donors (Lipinski definition) is 0. The molecule has 2 aromatic rings. The van der Waals surface area contributed by atoms with Gasteiger partial charge < -0.3 is 9.47 Å². The lowest BCUT2D eigenvalue weighted by Gasteiger charge is -2.42. The molecule has 0 bridgehead atoms. The smallest absolute Gasteiger partial charge is 0.338 e. The zero-order chi connectivity index (χ0) is 20.6. The van der Waals surface area contributed by atoms with Crippen LogP contribution in [-0.2, 0) is 0 Å². The Kier molecular flexibility index (Phi) is 9.85. The molecule has 0 fully saturated rings. The zero-order valence-electron chi connectivity index (χ0n) is 12.6. The fraction of sp³-hybridized carbons (Fsp3) is 0.200. The molecule has 0 aromatic heterocycles. The monoisotopic (exact) mass is 1010 g/mol. The van der Waals surface area contributed by atoms with Crippen LogP contribution in [0.2, 0.25) is 0 Å². The van der Waals surface area contributed by atoms with Gasteiger partial charge in [-0.15, -0.1) is 0 Å². The minimum absolute atomic E-state index is 0.518. The predicted molar refractivity (Wildman–Crippen MR) is 147 cm³/mol. The van der Waals surface area contributed by atoms with E-state index in [4.69, 9.17) is 9.47 Å². The highest BCUT2D eigenvalue weighted by Gasteiger charge is 2.62. The Morgan fingerprint density at radius 3 is 1.74 bits per heavy atom. The second-order valence-electron chi connectivity index (χ2n) is 4.92. The highest BCUT2D eigenvalue weighted by Crippen LogP contribution is 2.61. The van der Waals surface area contributed by atoms with E-state index in [9.17, 15) is 0 Å². The maximum Gasteiger partial charge on any atom is 0.338 e. The van der Waals surface area contributed by atoms with E-state index < -0.39 is 10.1 Å². The number of halogens is 10. The zero-order valence-corrected chi connectivity index (χ0v) is 28.4. The third-order valence-electron chi connectivity index (χ3n) is 3.03. The Morgan fingerprint density at radius 1 is 0.667 bits per heavy atom. The number of hydrogen-bond acceptors (Lipinski definition) is 2. The molecule has 0 N–H and O–H groups in total. The van der Waals surface area contributed by atoms with E-state index in [0.29, 0.717) is 16.0 Å². The Hall–Kier alpha value is 2.84. The molecule has 12 heteroatoms. The van der Waals surface area contributed by atoms with E-state index in [-0.39, 0.29) is 0 Å². The van der Waals surface area contributed by atoms with Gasteiger partial charge in [0.05, 0.1) is 8.95 Å². The van der Waals surface area contributed by atoms with Gasteiger partial charge in [-0.3, -0.25) is 0 Å². The lowest BCUT2D eigenvalue weighted by atomic mass is 10.3. The molecule has 2 nitrogen and oxygen atoms in total. The van der Waals surface area contributed by atoms with Crippen molar-refractivity contribution in [3.8, 4) is 11.5 Å². The molecule has 0 amide bonds. The highest BCUT2D eigenvalue weighted by molar-refractivity contribution is 9.41. The summed E-state index contributed by atoms with van der Waals surface area (Å²) >= 11 is 35.6. The third kappa shape index (κ3) is 6.00. The number of para-hydroxylation sites is 1. The van der Waals surface area contributed by atoms with E-state index in [1.165, 1.54) is 0 Å². The van der Waals surface area contributed by atoms with Crippen LogP contribution in [0.1, 0.15) is 0 Å². The normalized spacial score (nSPS) is 14.6. The highest BCUT2D eigenvalue weighted by atomic mass is 80.0. The Labute approximate surface area is 240 Å². The number of rotatable bonds is 5. The van der Waals surface area contributed by atoms with E-state index in [2.05, 4.69) is 159 Å². The van der Waals surface area contributed by atoms with Crippen molar-refractivity contribution in [1.82, 2.24) is 0 Å². The maximum atomic E-state index is 6.33. The molecule has 0 saturated carbocycles. The SMILES string of the molecule is Brc1cc(OC(Br)(Oc2ccccc2)C(Br)(Br)C(Br)(Br)Br)c(Br)c(Br)c1Br. The molecule has 2 rings (SSSR count). The molecule has 0 heterocycles. The first-order chi connectivity index (χ1) is 12.3. The maximum absolute atomic E-state index is 6.33. The molecular formula is C15H6Br10O2. The van der Waals surface area contributed by atoms with Gasteiger partial charge in [-0.2, -0.15) is 0 Å². The molecule has 0 radical (unpaired) electrons. The number of ether oxygens (including phenoxy) is 2. The molecule has 0 aliphatic rings. The molecule has 148 valence electrons. The molecule has 0 saturated heterocycles. The van der Waals surface area contributed by atoms with Crippen molar-refractivity contribution in [2.24, 2.45) is 0 Å². The fourth-order valence-corrected chi connectivity index (χ4v) is 6.34. The van der Waals surface area contributed by atoms with Gasteiger partial charge in [0.2, 0.25) is 3.23 Å². The summed E-state index contributed by atoms with van der Waals surface area (Å²) in [7, 11) is 0. The predicted octanol–water partition coefficient (Wildman–Crippen LogP) is 10.6. The summed E-state index contributed by atoms with van der Waals surface area (Å²) in [4.78, 5) is 0. The fourth-order valence-electron chi connectivity index (χ4n) is 1.73. The molecular weight excluding hydrogens is 1010 g/mol. The molecule has 2 aromatic carbocycles. The first kappa shape index (κ1) is 26.1. The topological polar surface area (TPSA) is 18.5 Å². The first-order valence-electron chi connectivity index (χ1n) is 6.69. The average Bonchev–Trinajstić information content (AvgIpc) is 2.57. The molecule has 1 atom stereocenters. The van der Waals surface area contributed by atoms with Gasteiger partial charge in [0.15, 0.2) is 2.14 Å². The van der Waals surface area contributed by atoms with Crippen molar-refractivity contribution in [3.05, 3.63) is 54.3 Å². The quantitative estimate of drug-likeness (QED) is 0.129. The van der Waals surface area contributed by atoms with E-state index in [1.807, 2.05) is 36.4 Å². The molecule has 0 aliphatic carbocycles. The van der Waals surface area contributed by atoms with Crippen LogP contribution in [0.5, 0.6) is 11.5 Å². The summed E-state index contributed by atoms with van der Waals surface area (Å²) in [5.41, 5.74) is 0. The van der Waals surface area contributed by atoms with Crippen molar-refractivity contribution >= 4 is 159 Å². The minimum atomic E-state index is -1.42. The summed E-state index contributed by atoms with van der Waals surface area (Å²) < 4.78 is 12.4. The van der Waals surface area contributed by atoms with Gasteiger partial charge in [0, 0.05) is 24.9 Å². The van der Waals surface area contributed by atoms with Crippen molar-refractivity contribution < 1.29 is 9.47 Å². The largest absolute Gasteiger partial charge is 0.441 e. The van der Waals surface area contributed by atoms with Gasteiger partial charge in [-0.05, 0) is 81.9 Å². The van der Waals surface area contributed by atoms with Crippen LogP contribution in [0.15, 0.2) is 54.3 Å². The van der Waals surface area contributed by atoms with Gasteiger partial charge in [-0.1, -0.05) is 97.8 Å². The van der Waals surface area contributed by atoms with Crippen LogP contribution in [0.3, 0.4) is 0 Å². The van der Waals surface area contributed by atoms with Crippen LogP contribution in [0.25, 0.3) is 0 Å². The van der Waals surface area contributed by atoms with Gasteiger partial charge >= 0.3 is 4.70 Å². The second kappa shape index (κ2) is 10.2. The third-order valence-corrected chi connectivity index (χ3v) is 16.9. The van der Waals surface area contributed by atoms with Gasteiger partial charge in [0.1, 0.15) is 11.5 Å². The Balaban J connectivity index is 2.57. The summed E-state index contributed by atoms with van der Waals surface area (Å²) in [6, 6.07) is 11.1. The Morgan fingerprint density at radius 2 is 1.22 bits per heavy atom. The number of alkyl halides is 6. The van der Waals surface area contributed by atoms with Crippen molar-refractivity contribution in [2.75, 3.05) is 0 Å². The summed E-state index contributed by atoms with van der Waals surface area (Å²) in [6.07, 6.45) is 0. The van der Waals surface area contributed by atoms with E-state index >= 15 is 0 Å². The standard InChI is InChI=1S/C15H6Br10O2/c16-8-6-9(11(18)12(19)10(8)17)27-15(25,13(20,21)14(22,23)24)26-7-4-2-1-3-5-7/h1-6H. The lowest BCUT2D eigenvalue weighted by Crippen LogP contribution is -2.56. The van der Waals surface area contributed by atoms with Crippen molar-refractivity contribution in [1.29, 1.82) is 0 Å². The van der Waals surface area contributed by atoms with Crippen LogP contribution in [0.4, 0.5) is 0 Å². The summed E-state index contributed by atoms with van der Waals surface area (Å²) in [5, 5.41) is 0. The van der Waals surface area contributed by atoms with Crippen molar-refractivity contribution in [3.63, 3.8) is 0 Å². The van der Waals surface area contributed by atoms with Gasteiger partial charge in [-0.25, -0.2) is 0 Å². The van der Waals surface area contributed by atoms with Gasteiger partial charge in [0.25, 0.3) is 0 Å². The molecule has 1 unspecified atom stereocenters. The Bertz CT molecular complexity index is 822. The lowest BCUT2D eigenvalue weighted by molar-refractivity contribution is -0.0262. The second-order valence-corrected chi connectivity index (χ2v) is 19.4. The molecule has 0 aliphatic heterocycles.